The van der Waals surface area contributed by atoms with Crippen LogP contribution in [0.5, 0.6) is 0 Å². The fraction of sp³-hybridized carbons (Fsp3) is 0.714. The minimum Gasteiger partial charge on any atom is -0.343 e. The molecule has 24 nitrogen and oxygen atoms in total. The van der Waals surface area contributed by atoms with Crippen molar-refractivity contribution >= 4 is 82.5 Å². The van der Waals surface area contributed by atoms with Gasteiger partial charge in [-0.3, -0.25) is 57.5 Å². The fourth-order valence-corrected chi connectivity index (χ4v) is 14.6. The van der Waals surface area contributed by atoms with E-state index in [1.165, 1.54) is 70.1 Å². The van der Waals surface area contributed by atoms with Crippen LogP contribution in [0, 0.1) is 30.1 Å². The van der Waals surface area contributed by atoms with Gasteiger partial charge in [0.2, 0.25) is 70.9 Å². The highest BCUT2D eigenvalue weighted by atomic mass is 35.5. The van der Waals surface area contributed by atoms with Crippen molar-refractivity contribution in [3.63, 3.8) is 0 Å². The van der Waals surface area contributed by atoms with Crippen LogP contribution >= 0.6 is 11.6 Å². The third-order valence-corrected chi connectivity index (χ3v) is 21.0. The second kappa shape index (κ2) is 35.5. The average molecular weight is 1400 g/mol. The number of likely N-dealkylation sites (tertiary alicyclic amines) is 1. The van der Waals surface area contributed by atoms with Crippen molar-refractivity contribution in [1.29, 1.82) is 0 Å². The van der Waals surface area contributed by atoms with Gasteiger partial charge in [-0.05, 0) is 106 Å². The third kappa shape index (κ3) is 20.1. The number of hydrogen-bond acceptors (Lipinski definition) is 12. The highest BCUT2D eigenvalue weighted by molar-refractivity contribution is 6.31. The Bertz CT molecular complexity index is 3110. The Labute approximate surface area is 580 Å². The third-order valence-electron chi connectivity index (χ3n) is 20.6. The van der Waals surface area contributed by atoms with Crippen molar-refractivity contribution in [1.82, 2.24) is 60.0 Å². The van der Waals surface area contributed by atoms with Crippen LogP contribution in [0.15, 0.2) is 18.2 Å². The number of nitrogens with one attached hydrogen (secondary N) is 3. The summed E-state index contributed by atoms with van der Waals surface area (Å²) in [6.07, 6.45) is 8.66. The summed E-state index contributed by atoms with van der Waals surface area (Å²) in [5.41, 5.74) is -2.43. The Hall–Kier alpha value is -7.50. The van der Waals surface area contributed by atoms with Crippen LogP contribution in [0.25, 0.3) is 0 Å². The van der Waals surface area contributed by atoms with Gasteiger partial charge in [0.25, 0.3) is 0 Å². The first-order valence-electron chi connectivity index (χ1n) is 34.8. The molecular weight excluding hydrogens is 1290 g/mol. The molecule has 544 valence electrons. The molecule has 0 aromatic heterocycles. The molecule has 2 saturated carbocycles. The Morgan fingerprint density at radius 2 is 1.28 bits per heavy atom. The summed E-state index contributed by atoms with van der Waals surface area (Å²) in [5, 5.41) is 8.00. The highest BCUT2D eigenvalue weighted by Crippen LogP contribution is 2.37. The average Bonchev–Trinajstić information content (AvgIpc) is 1.58. The number of likely N-dealkylation sites (N-methyl/N-ethyl adjacent to an activating group) is 7. The van der Waals surface area contributed by atoms with E-state index in [0.29, 0.717) is 51.6 Å². The number of carbonyl (C=O) groups excluding carboxylic acids is 12. The topological polar surface area (TPSA) is 270 Å². The monoisotopic (exact) mass is 1400 g/mol. The number of aryl methyl sites for hydroxylation is 1. The Kier molecular flexibility index (Phi) is 28.8. The van der Waals surface area contributed by atoms with E-state index in [9.17, 15) is 56.3 Å². The molecule has 0 unspecified atom stereocenters. The second-order valence-electron chi connectivity index (χ2n) is 28.3. The first-order chi connectivity index (χ1) is 46.2. The highest BCUT2D eigenvalue weighted by Gasteiger charge is 2.50. The van der Waals surface area contributed by atoms with Gasteiger partial charge in [0.05, 0.1) is 36.6 Å². The minimum atomic E-state index is -4.77. The molecule has 6 rings (SSSR count). The lowest BCUT2D eigenvalue weighted by Crippen LogP contribution is -2.64. The molecule has 1 aromatic rings. The molecule has 3 aliphatic heterocycles. The predicted molar refractivity (Wildman–Crippen MR) is 360 cm³/mol. The second-order valence-corrected chi connectivity index (χ2v) is 28.7. The molecule has 5 fully saturated rings. The number of piperidine rings is 1. The van der Waals surface area contributed by atoms with E-state index in [0.717, 1.165) is 75.2 Å². The van der Waals surface area contributed by atoms with Crippen molar-refractivity contribution < 1.29 is 70.7 Å². The Balaban J connectivity index is 1.42. The number of halogens is 4. The van der Waals surface area contributed by atoms with Gasteiger partial charge in [-0.2, -0.15) is 13.2 Å². The van der Waals surface area contributed by atoms with Crippen LogP contribution in [0.3, 0.4) is 0 Å². The summed E-state index contributed by atoms with van der Waals surface area (Å²) in [7, 11) is 9.65. The first-order valence-corrected chi connectivity index (χ1v) is 35.1. The zero-order valence-corrected chi connectivity index (χ0v) is 59.9. The number of terminal acetylenes is 1. The number of rotatable bonds is 11. The zero-order chi connectivity index (χ0) is 72.7. The molecule has 2 aliphatic carbocycles. The molecule has 8 atom stereocenters. The summed E-state index contributed by atoms with van der Waals surface area (Å²) in [6.45, 7) is 6.23. The molecule has 1 spiro atoms. The van der Waals surface area contributed by atoms with Gasteiger partial charge < -0.3 is 60.0 Å². The molecule has 5 aliphatic rings. The van der Waals surface area contributed by atoms with E-state index in [4.69, 9.17) is 18.0 Å². The molecular formula is C70H104ClF3N12O12. The summed E-state index contributed by atoms with van der Waals surface area (Å²) < 4.78 is 41.5. The van der Waals surface area contributed by atoms with E-state index >= 15 is 14.4 Å². The van der Waals surface area contributed by atoms with E-state index in [1.807, 2.05) is 20.8 Å². The predicted octanol–water partition coefficient (Wildman–Crippen LogP) is 4.87. The minimum absolute atomic E-state index is 0.0123. The van der Waals surface area contributed by atoms with Gasteiger partial charge in [0.15, 0.2) is 0 Å². The number of carbonyl (C=O) groups is 12. The standard InChI is InChI=1S/C70H104ClF3N12O12/c1-13-24-52-65(95)83(11)55(66(96)85-34-21-16-22-35-85)40-57(88)81(9)53(37-44(3)4)61(91)76-60(45(5)14-2)67(97)80(8)42-58(89)78(6)43-59(90)82(10)54(39-46-25-17-15-18-26-46)64(94)79(7)41-56(87)75-50(31-29-47-28-30-48(49(71)38-47)70(72,73)74)63(93)86-36-23-27-51(86)62(92)77-69(32-19-20-33-69)68(98)84(52)12/h1,28,30,38,44-46,50-55,60H,14-27,29,31-37,39-43H2,2-12H3,(H,75,87)(H,76,91)(H,77,92)/t45-,50-,51-,52-,53-,54-,55-,60-/m0/s1. The van der Waals surface area contributed by atoms with Crippen molar-refractivity contribution in [2.45, 2.75) is 217 Å². The van der Waals surface area contributed by atoms with Crippen molar-refractivity contribution in [2.75, 3.05) is 88.6 Å². The van der Waals surface area contributed by atoms with Crippen LogP contribution in [0.4, 0.5) is 13.2 Å². The SMILES string of the molecule is C#CC[C@H]1C(=O)N(C)[C@H](C(=O)N2CCCCC2)CC(=O)N(C)[C@@H](CC(C)C)C(=O)N[C@@H]([C@@H](C)CC)C(=O)N(C)CC(=O)N(C)CC(=O)N(C)[C@@H](CC2CCCCC2)C(=O)N(C)CC(=O)N[C@@H](CCc2ccc(C(F)(F)F)c(Cl)c2)C(=O)N2CCC[C@H]2C(=O)NC2(CCCC2)C(=O)N1C. The number of benzene rings is 1. The number of nitrogens with zero attached hydrogens (tertiary/aromatic N) is 9. The van der Waals surface area contributed by atoms with Gasteiger partial charge in [0.1, 0.15) is 47.8 Å². The van der Waals surface area contributed by atoms with Gasteiger partial charge in [-0.1, -0.05) is 96.7 Å². The molecule has 0 bridgehead atoms. The maximum absolute atomic E-state index is 15.3. The summed E-state index contributed by atoms with van der Waals surface area (Å²) in [5.74, 6) is -6.49. The van der Waals surface area contributed by atoms with Crippen LogP contribution in [-0.2, 0) is 70.1 Å². The summed E-state index contributed by atoms with van der Waals surface area (Å²) in [4.78, 5) is 188. The van der Waals surface area contributed by atoms with Crippen molar-refractivity contribution in [2.24, 2.45) is 17.8 Å². The molecule has 0 radical (unpaired) electrons. The largest absolute Gasteiger partial charge is 0.417 e. The van der Waals surface area contributed by atoms with Gasteiger partial charge in [-0.25, -0.2) is 0 Å². The van der Waals surface area contributed by atoms with Crippen LogP contribution < -0.4 is 16.0 Å². The molecule has 12 amide bonds. The number of alkyl halides is 3. The van der Waals surface area contributed by atoms with Gasteiger partial charge >= 0.3 is 6.18 Å². The normalized spacial score (nSPS) is 26.0. The maximum atomic E-state index is 15.3. The van der Waals surface area contributed by atoms with E-state index in [2.05, 4.69) is 21.9 Å². The lowest BCUT2D eigenvalue weighted by atomic mass is 9.84. The lowest BCUT2D eigenvalue weighted by Gasteiger charge is -2.40. The molecule has 98 heavy (non-hydrogen) atoms. The van der Waals surface area contributed by atoms with Gasteiger partial charge in [0, 0.05) is 75.4 Å². The van der Waals surface area contributed by atoms with Crippen LogP contribution in [-0.4, -0.2) is 251 Å². The van der Waals surface area contributed by atoms with E-state index in [-0.39, 0.29) is 75.3 Å². The number of hydrogen-bond donors (Lipinski definition) is 3. The van der Waals surface area contributed by atoms with Crippen molar-refractivity contribution in [3.05, 3.63) is 34.3 Å². The quantitative estimate of drug-likeness (QED) is 0.251. The summed E-state index contributed by atoms with van der Waals surface area (Å²) >= 11 is 6.13. The molecule has 28 heteroatoms. The van der Waals surface area contributed by atoms with Crippen molar-refractivity contribution in [3.8, 4) is 12.3 Å². The van der Waals surface area contributed by atoms with Crippen LogP contribution in [0.1, 0.15) is 167 Å². The molecule has 3 N–H and O–H groups in total. The van der Waals surface area contributed by atoms with E-state index < -0.39 is 167 Å². The molecule has 3 heterocycles. The van der Waals surface area contributed by atoms with E-state index in [1.54, 1.807) is 11.8 Å². The fourth-order valence-electron chi connectivity index (χ4n) is 14.3. The van der Waals surface area contributed by atoms with Crippen LogP contribution in [0.2, 0.25) is 5.02 Å². The number of fused-ring (bicyclic) bond motifs is 1. The lowest BCUT2D eigenvalue weighted by molar-refractivity contribution is -0.155. The smallest absolute Gasteiger partial charge is 0.343 e. The Morgan fingerprint density at radius 1 is 0.663 bits per heavy atom. The Morgan fingerprint density at radius 3 is 1.88 bits per heavy atom. The first kappa shape index (κ1) is 79.5. The molecule has 1 aromatic carbocycles. The maximum Gasteiger partial charge on any atom is 0.417 e. The zero-order valence-electron chi connectivity index (χ0n) is 59.1. The van der Waals surface area contributed by atoms with Gasteiger partial charge in [-0.15, -0.1) is 12.3 Å². The number of amides is 12. The summed E-state index contributed by atoms with van der Waals surface area (Å²) in [6, 6.07) is -6.02. The molecule has 3 saturated heterocycles.